The highest BCUT2D eigenvalue weighted by atomic mass is 16.5. The Kier molecular flexibility index (Phi) is 4.60. The molecule has 0 aromatic heterocycles. The molecule has 0 spiro atoms. The van der Waals surface area contributed by atoms with Crippen LogP contribution in [0.15, 0.2) is 0 Å². The molecule has 2 nitrogen and oxygen atoms in total. The topological polar surface area (TPSA) is 21.3 Å². The van der Waals surface area contributed by atoms with Gasteiger partial charge < -0.3 is 10.1 Å². The first-order valence-corrected chi connectivity index (χ1v) is 6.36. The molecular formula is C13H27NO. The molecule has 90 valence electrons. The quantitative estimate of drug-likeness (QED) is 0.758. The third-order valence-corrected chi connectivity index (χ3v) is 3.41. The van der Waals surface area contributed by atoms with E-state index in [-0.39, 0.29) is 5.60 Å². The lowest BCUT2D eigenvalue weighted by Gasteiger charge is -2.24. The van der Waals surface area contributed by atoms with E-state index in [1.165, 1.54) is 19.3 Å². The fraction of sp³-hybridized carbons (Fsp3) is 1.00. The maximum Gasteiger partial charge on any atom is 0.0707 e. The lowest BCUT2D eigenvalue weighted by atomic mass is 10.0. The van der Waals surface area contributed by atoms with Crippen LogP contribution in [-0.2, 0) is 4.74 Å². The van der Waals surface area contributed by atoms with Crippen molar-refractivity contribution in [2.75, 3.05) is 6.54 Å². The number of rotatable bonds is 5. The van der Waals surface area contributed by atoms with Gasteiger partial charge in [-0.1, -0.05) is 20.8 Å². The smallest absolute Gasteiger partial charge is 0.0707 e. The summed E-state index contributed by atoms with van der Waals surface area (Å²) in [7, 11) is 0. The number of ether oxygens (including phenoxy) is 1. The van der Waals surface area contributed by atoms with E-state index in [1.54, 1.807) is 0 Å². The van der Waals surface area contributed by atoms with Crippen LogP contribution in [0.25, 0.3) is 0 Å². The lowest BCUT2D eigenvalue weighted by Crippen LogP contribution is -2.39. The van der Waals surface area contributed by atoms with Gasteiger partial charge in [-0.2, -0.15) is 0 Å². The summed E-state index contributed by atoms with van der Waals surface area (Å²) in [6, 6.07) is 0.636. The van der Waals surface area contributed by atoms with Crippen LogP contribution >= 0.6 is 0 Å². The molecule has 0 amide bonds. The van der Waals surface area contributed by atoms with Crippen molar-refractivity contribution in [2.24, 2.45) is 5.92 Å². The molecule has 0 aliphatic carbocycles. The van der Waals surface area contributed by atoms with Crippen LogP contribution in [0.5, 0.6) is 0 Å². The second-order valence-corrected chi connectivity index (χ2v) is 5.71. The molecule has 1 aliphatic rings. The van der Waals surface area contributed by atoms with Gasteiger partial charge >= 0.3 is 0 Å². The van der Waals surface area contributed by atoms with Gasteiger partial charge in [0.15, 0.2) is 0 Å². The Balaban J connectivity index is 2.26. The number of hydrogen-bond acceptors (Lipinski definition) is 2. The average Bonchev–Trinajstić information content (AvgIpc) is 2.46. The summed E-state index contributed by atoms with van der Waals surface area (Å²) in [5, 5.41) is 3.62. The largest absolute Gasteiger partial charge is 0.371 e. The highest BCUT2D eigenvalue weighted by Crippen LogP contribution is 2.28. The Morgan fingerprint density at radius 1 is 1.40 bits per heavy atom. The minimum Gasteiger partial charge on any atom is -0.371 e. The van der Waals surface area contributed by atoms with Crippen LogP contribution in [0.2, 0.25) is 0 Å². The molecule has 1 fully saturated rings. The molecule has 0 aromatic rings. The molecule has 0 aromatic carbocycles. The molecule has 2 atom stereocenters. The van der Waals surface area contributed by atoms with Crippen molar-refractivity contribution in [3.63, 3.8) is 0 Å². The average molecular weight is 213 g/mol. The fourth-order valence-electron chi connectivity index (χ4n) is 2.36. The standard InChI is InChI=1S/C13H27NO/c1-6-12(10(2)3)14-9-11-7-8-13(4,5)15-11/h10-12,14H,6-9H2,1-5H3. The lowest BCUT2D eigenvalue weighted by molar-refractivity contribution is -0.0156. The van der Waals surface area contributed by atoms with Crippen molar-refractivity contribution >= 4 is 0 Å². The van der Waals surface area contributed by atoms with E-state index in [9.17, 15) is 0 Å². The van der Waals surface area contributed by atoms with Gasteiger partial charge in [-0.15, -0.1) is 0 Å². The van der Waals surface area contributed by atoms with Crippen molar-refractivity contribution in [3.8, 4) is 0 Å². The van der Waals surface area contributed by atoms with Crippen LogP contribution in [0.4, 0.5) is 0 Å². The molecule has 2 heteroatoms. The van der Waals surface area contributed by atoms with Crippen molar-refractivity contribution in [1.82, 2.24) is 5.32 Å². The zero-order valence-electron chi connectivity index (χ0n) is 11.0. The zero-order valence-corrected chi connectivity index (χ0v) is 11.0. The normalized spacial score (nSPS) is 27.2. The molecule has 0 saturated carbocycles. The zero-order chi connectivity index (χ0) is 11.5. The Labute approximate surface area is 94.8 Å². The van der Waals surface area contributed by atoms with Gasteiger partial charge in [0.1, 0.15) is 0 Å². The van der Waals surface area contributed by atoms with Gasteiger partial charge in [-0.25, -0.2) is 0 Å². The summed E-state index contributed by atoms with van der Waals surface area (Å²) in [4.78, 5) is 0. The maximum atomic E-state index is 5.96. The van der Waals surface area contributed by atoms with Crippen molar-refractivity contribution in [2.45, 2.75) is 71.6 Å². The molecule has 1 saturated heterocycles. The molecular weight excluding hydrogens is 186 g/mol. The first-order chi connectivity index (χ1) is 6.94. The van der Waals surface area contributed by atoms with Crippen LogP contribution in [0, 0.1) is 5.92 Å². The third-order valence-electron chi connectivity index (χ3n) is 3.41. The molecule has 1 rings (SSSR count). The van der Waals surface area contributed by atoms with E-state index in [2.05, 4.69) is 39.9 Å². The monoisotopic (exact) mass is 213 g/mol. The summed E-state index contributed by atoms with van der Waals surface area (Å²) < 4.78 is 5.96. The number of nitrogens with one attached hydrogen (secondary N) is 1. The Bertz CT molecular complexity index is 189. The van der Waals surface area contributed by atoms with Gasteiger partial charge in [0.25, 0.3) is 0 Å². The molecule has 0 radical (unpaired) electrons. The predicted molar refractivity (Wildman–Crippen MR) is 65.1 cm³/mol. The minimum absolute atomic E-state index is 0.103. The second-order valence-electron chi connectivity index (χ2n) is 5.71. The van der Waals surface area contributed by atoms with Crippen molar-refractivity contribution in [3.05, 3.63) is 0 Å². The summed E-state index contributed by atoms with van der Waals surface area (Å²) in [5.74, 6) is 0.712. The molecule has 15 heavy (non-hydrogen) atoms. The van der Waals surface area contributed by atoms with Crippen molar-refractivity contribution in [1.29, 1.82) is 0 Å². The SMILES string of the molecule is CCC(NCC1CCC(C)(C)O1)C(C)C. The van der Waals surface area contributed by atoms with Crippen LogP contribution in [-0.4, -0.2) is 24.3 Å². The van der Waals surface area contributed by atoms with Gasteiger partial charge in [0.2, 0.25) is 0 Å². The minimum atomic E-state index is 0.103. The first-order valence-electron chi connectivity index (χ1n) is 6.36. The maximum absolute atomic E-state index is 5.96. The summed E-state index contributed by atoms with van der Waals surface area (Å²) in [6.07, 6.45) is 4.02. The molecule has 1 heterocycles. The predicted octanol–water partition coefficient (Wildman–Crippen LogP) is 2.97. The van der Waals surface area contributed by atoms with Gasteiger partial charge in [0.05, 0.1) is 11.7 Å². The highest BCUT2D eigenvalue weighted by Gasteiger charge is 2.31. The van der Waals surface area contributed by atoms with E-state index in [4.69, 9.17) is 4.74 Å². The van der Waals surface area contributed by atoms with E-state index >= 15 is 0 Å². The second kappa shape index (κ2) is 5.31. The summed E-state index contributed by atoms with van der Waals surface area (Å²) in [6.45, 7) is 12.2. The van der Waals surface area contributed by atoms with Crippen LogP contribution in [0.3, 0.4) is 0 Å². The third kappa shape index (κ3) is 4.12. The van der Waals surface area contributed by atoms with Gasteiger partial charge in [0, 0.05) is 12.6 Å². The van der Waals surface area contributed by atoms with Gasteiger partial charge in [-0.3, -0.25) is 0 Å². The van der Waals surface area contributed by atoms with Crippen LogP contribution < -0.4 is 5.32 Å². The van der Waals surface area contributed by atoms with E-state index in [1.807, 2.05) is 0 Å². The highest BCUT2D eigenvalue weighted by molar-refractivity contribution is 4.83. The molecule has 0 bridgehead atoms. The van der Waals surface area contributed by atoms with Gasteiger partial charge in [-0.05, 0) is 39.0 Å². The molecule has 1 N–H and O–H groups in total. The summed E-state index contributed by atoms with van der Waals surface area (Å²) >= 11 is 0. The Hall–Kier alpha value is -0.0800. The van der Waals surface area contributed by atoms with Crippen molar-refractivity contribution < 1.29 is 4.74 Å². The van der Waals surface area contributed by atoms with E-state index in [0.29, 0.717) is 18.1 Å². The van der Waals surface area contributed by atoms with E-state index < -0.39 is 0 Å². The number of hydrogen-bond donors (Lipinski definition) is 1. The van der Waals surface area contributed by atoms with Crippen LogP contribution in [0.1, 0.15) is 53.9 Å². The molecule has 2 unspecified atom stereocenters. The fourth-order valence-corrected chi connectivity index (χ4v) is 2.36. The molecule has 1 aliphatic heterocycles. The van der Waals surface area contributed by atoms with E-state index in [0.717, 1.165) is 6.54 Å². The Morgan fingerprint density at radius 2 is 2.07 bits per heavy atom. The Morgan fingerprint density at radius 3 is 2.47 bits per heavy atom. The first kappa shape index (κ1) is 13.0. The summed E-state index contributed by atoms with van der Waals surface area (Å²) in [5.41, 5.74) is 0.103.